The second-order valence-electron chi connectivity index (χ2n) is 4.30. The molecule has 1 heterocycles. The molecule has 2 atom stereocenters. The first kappa shape index (κ1) is 12.3. The second-order valence-corrected chi connectivity index (χ2v) is 6.19. The van der Waals surface area contributed by atoms with Crippen molar-refractivity contribution in [2.24, 2.45) is 0 Å². The Balaban J connectivity index is 1.89. The molecule has 0 aromatic heterocycles. The number of hydrogen-bond donors (Lipinski definition) is 1. The molecule has 2 rings (SSSR count). The fourth-order valence-corrected chi connectivity index (χ4v) is 3.45. The lowest BCUT2D eigenvalue weighted by Crippen LogP contribution is -2.38. The van der Waals surface area contributed by atoms with Crippen LogP contribution in [0.5, 0.6) is 0 Å². The van der Waals surface area contributed by atoms with Crippen molar-refractivity contribution in [2.75, 3.05) is 5.75 Å². The van der Waals surface area contributed by atoms with Crippen LogP contribution in [0.1, 0.15) is 25.3 Å². The van der Waals surface area contributed by atoms with Crippen molar-refractivity contribution in [3.63, 3.8) is 0 Å². The molecule has 0 aliphatic carbocycles. The van der Waals surface area contributed by atoms with Crippen molar-refractivity contribution in [1.82, 2.24) is 5.32 Å². The molecule has 3 heteroatoms. The molecule has 1 aromatic carbocycles. The molecule has 0 bridgehead atoms. The van der Waals surface area contributed by atoms with Crippen LogP contribution in [0.3, 0.4) is 0 Å². The zero-order valence-electron chi connectivity index (χ0n) is 9.58. The lowest BCUT2D eigenvalue weighted by atomic mass is 10.1. The number of benzene rings is 1. The van der Waals surface area contributed by atoms with E-state index < -0.39 is 0 Å². The largest absolute Gasteiger partial charge is 0.309 e. The van der Waals surface area contributed by atoms with Gasteiger partial charge in [0.05, 0.1) is 0 Å². The van der Waals surface area contributed by atoms with E-state index in [1.165, 1.54) is 24.2 Å². The summed E-state index contributed by atoms with van der Waals surface area (Å²) >= 11 is 8.20. The van der Waals surface area contributed by atoms with Crippen LogP contribution < -0.4 is 5.32 Å². The fourth-order valence-electron chi connectivity index (χ4n) is 2.07. The van der Waals surface area contributed by atoms with Gasteiger partial charge in [-0.15, -0.1) is 0 Å². The molecule has 88 valence electrons. The first-order valence-electron chi connectivity index (χ1n) is 5.86. The molecule has 2 unspecified atom stereocenters. The van der Waals surface area contributed by atoms with Crippen molar-refractivity contribution >= 4 is 23.4 Å². The van der Waals surface area contributed by atoms with Crippen LogP contribution in [-0.4, -0.2) is 17.0 Å². The zero-order chi connectivity index (χ0) is 11.4. The van der Waals surface area contributed by atoms with E-state index >= 15 is 0 Å². The maximum Gasteiger partial charge on any atom is 0.0450 e. The van der Waals surface area contributed by atoms with Crippen LogP contribution in [0.4, 0.5) is 0 Å². The monoisotopic (exact) mass is 255 g/mol. The van der Waals surface area contributed by atoms with Gasteiger partial charge in [0.25, 0.3) is 0 Å². The molecule has 16 heavy (non-hydrogen) atoms. The van der Waals surface area contributed by atoms with Crippen molar-refractivity contribution in [1.29, 1.82) is 0 Å². The molecule has 1 nitrogen and oxygen atoms in total. The Morgan fingerprint density at radius 3 is 3.00 bits per heavy atom. The molecule has 1 fully saturated rings. The van der Waals surface area contributed by atoms with Crippen molar-refractivity contribution in [3.05, 3.63) is 34.9 Å². The summed E-state index contributed by atoms with van der Waals surface area (Å²) in [6.45, 7) is 3.20. The molecule has 1 aromatic rings. The first-order chi connectivity index (χ1) is 7.77. The quantitative estimate of drug-likeness (QED) is 0.884. The minimum absolute atomic E-state index is 0.634. The van der Waals surface area contributed by atoms with E-state index in [0.717, 1.165) is 16.8 Å². The van der Waals surface area contributed by atoms with Crippen LogP contribution in [0.15, 0.2) is 24.3 Å². The summed E-state index contributed by atoms with van der Waals surface area (Å²) in [4.78, 5) is 0. The van der Waals surface area contributed by atoms with Gasteiger partial charge in [-0.2, -0.15) is 11.8 Å². The molecule has 1 aliphatic rings. The fraction of sp³-hybridized carbons (Fsp3) is 0.538. The molecule has 0 radical (unpaired) electrons. The predicted octanol–water partition coefficient (Wildman–Crippen LogP) is 3.71. The van der Waals surface area contributed by atoms with E-state index in [2.05, 4.69) is 30.1 Å². The predicted molar refractivity (Wildman–Crippen MR) is 73.2 cm³/mol. The molecule has 0 spiro atoms. The smallest absolute Gasteiger partial charge is 0.0450 e. The van der Waals surface area contributed by atoms with Gasteiger partial charge in [-0.1, -0.05) is 36.7 Å². The number of thioether (sulfide) groups is 1. The molecule has 1 N–H and O–H groups in total. The topological polar surface area (TPSA) is 12.0 Å². The summed E-state index contributed by atoms with van der Waals surface area (Å²) in [5.74, 6) is 1.31. The van der Waals surface area contributed by atoms with Gasteiger partial charge < -0.3 is 5.32 Å². The van der Waals surface area contributed by atoms with E-state index in [-0.39, 0.29) is 0 Å². The molecular weight excluding hydrogens is 238 g/mol. The van der Waals surface area contributed by atoms with Crippen LogP contribution in [0.2, 0.25) is 5.02 Å². The average molecular weight is 256 g/mol. The highest BCUT2D eigenvalue weighted by Gasteiger charge is 2.20. The van der Waals surface area contributed by atoms with Crippen molar-refractivity contribution in [3.8, 4) is 0 Å². The zero-order valence-corrected chi connectivity index (χ0v) is 11.2. The van der Waals surface area contributed by atoms with Gasteiger partial charge in [-0.05, 0) is 30.2 Å². The summed E-state index contributed by atoms with van der Waals surface area (Å²) in [6.07, 6.45) is 2.62. The standard InChI is InChI=1S/C13H18ClNS/c1-10-13(7-4-8-16-10)15-9-11-5-2-3-6-12(11)14/h2-3,5-6,10,13,15H,4,7-9H2,1H3. The summed E-state index contributed by atoms with van der Waals surface area (Å²) in [7, 11) is 0. The third kappa shape index (κ3) is 3.16. The third-order valence-corrected chi connectivity index (χ3v) is 4.87. The molecule has 1 saturated heterocycles. The number of nitrogens with one attached hydrogen (secondary N) is 1. The maximum absolute atomic E-state index is 6.13. The Labute approximate surface area is 107 Å². The summed E-state index contributed by atoms with van der Waals surface area (Å²) in [5, 5.41) is 5.21. The van der Waals surface area contributed by atoms with Gasteiger partial charge in [0.1, 0.15) is 0 Å². The number of hydrogen-bond acceptors (Lipinski definition) is 2. The van der Waals surface area contributed by atoms with E-state index in [1.54, 1.807) is 0 Å². The van der Waals surface area contributed by atoms with Crippen LogP contribution in [-0.2, 0) is 6.54 Å². The highest BCUT2D eigenvalue weighted by atomic mass is 35.5. The van der Waals surface area contributed by atoms with Crippen LogP contribution in [0, 0.1) is 0 Å². The average Bonchev–Trinajstić information content (AvgIpc) is 2.30. The Hall–Kier alpha value is -0.180. The Bertz CT molecular complexity index is 342. The van der Waals surface area contributed by atoms with Gasteiger partial charge in [0.15, 0.2) is 0 Å². The van der Waals surface area contributed by atoms with Crippen molar-refractivity contribution < 1.29 is 0 Å². The molecule has 0 amide bonds. The highest BCUT2D eigenvalue weighted by Crippen LogP contribution is 2.25. The van der Waals surface area contributed by atoms with Crippen LogP contribution >= 0.6 is 23.4 Å². The first-order valence-corrected chi connectivity index (χ1v) is 7.28. The Morgan fingerprint density at radius 1 is 1.44 bits per heavy atom. The minimum atomic E-state index is 0.634. The van der Waals surface area contributed by atoms with Gasteiger partial charge in [-0.25, -0.2) is 0 Å². The number of halogens is 1. The summed E-state index contributed by atoms with van der Waals surface area (Å²) < 4.78 is 0. The SMILES string of the molecule is CC1SCCCC1NCc1ccccc1Cl. The lowest BCUT2D eigenvalue weighted by molar-refractivity contribution is 0.462. The highest BCUT2D eigenvalue weighted by molar-refractivity contribution is 7.99. The Morgan fingerprint density at radius 2 is 2.25 bits per heavy atom. The van der Waals surface area contributed by atoms with Crippen molar-refractivity contribution in [2.45, 2.75) is 37.6 Å². The molecular formula is C13H18ClNS. The third-order valence-electron chi connectivity index (χ3n) is 3.12. The Kier molecular flexibility index (Phi) is 4.56. The van der Waals surface area contributed by atoms with E-state index in [1.807, 2.05) is 18.2 Å². The normalized spacial score (nSPS) is 25.6. The summed E-state index contributed by atoms with van der Waals surface area (Å²) in [5.41, 5.74) is 1.20. The van der Waals surface area contributed by atoms with Gasteiger partial charge >= 0.3 is 0 Å². The minimum Gasteiger partial charge on any atom is -0.309 e. The number of rotatable bonds is 3. The van der Waals surface area contributed by atoms with Gasteiger partial charge in [0.2, 0.25) is 0 Å². The maximum atomic E-state index is 6.13. The summed E-state index contributed by atoms with van der Waals surface area (Å²) in [6, 6.07) is 8.70. The van der Waals surface area contributed by atoms with Gasteiger partial charge in [0, 0.05) is 22.9 Å². The van der Waals surface area contributed by atoms with E-state index in [0.29, 0.717) is 6.04 Å². The van der Waals surface area contributed by atoms with E-state index in [4.69, 9.17) is 11.6 Å². The molecule has 1 aliphatic heterocycles. The van der Waals surface area contributed by atoms with E-state index in [9.17, 15) is 0 Å². The second kappa shape index (κ2) is 5.95. The van der Waals surface area contributed by atoms with Crippen LogP contribution in [0.25, 0.3) is 0 Å². The van der Waals surface area contributed by atoms with Gasteiger partial charge in [-0.3, -0.25) is 0 Å². The lowest BCUT2D eigenvalue weighted by Gasteiger charge is -2.29. The molecule has 0 saturated carbocycles.